The van der Waals surface area contributed by atoms with Gasteiger partial charge in [-0.3, -0.25) is 0 Å². The molecule has 0 spiro atoms. The maximum absolute atomic E-state index is 6.03. The first-order chi connectivity index (χ1) is 9.85. The maximum Gasteiger partial charge on any atom is 0.122 e. The summed E-state index contributed by atoms with van der Waals surface area (Å²) >= 11 is 1.83. The van der Waals surface area contributed by atoms with Gasteiger partial charge in [0.25, 0.3) is 0 Å². The zero-order valence-corrected chi connectivity index (χ0v) is 13.7. The molecule has 1 N–H and O–H groups in total. The van der Waals surface area contributed by atoms with Gasteiger partial charge >= 0.3 is 0 Å². The minimum absolute atomic E-state index is 0.227. The lowest BCUT2D eigenvalue weighted by atomic mass is 9.85. The highest BCUT2D eigenvalue weighted by Gasteiger charge is 2.27. The summed E-state index contributed by atoms with van der Waals surface area (Å²) in [4.78, 5) is 5.97. The Labute approximate surface area is 127 Å². The van der Waals surface area contributed by atoms with Crippen molar-refractivity contribution in [3.8, 4) is 0 Å². The van der Waals surface area contributed by atoms with Crippen LogP contribution in [0.25, 0.3) is 0 Å². The molecule has 0 saturated heterocycles. The highest BCUT2D eigenvalue weighted by Crippen LogP contribution is 2.38. The average Bonchev–Trinajstić information content (AvgIpc) is 2.94. The van der Waals surface area contributed by atoms with Crippen LogP contribution >= 0.6 is 11.3 Å². The summed E-state index contributed by atoms with van der Waals surface area (Å²) in [5.74, 6) is 0.673. The molecule has 1 aliphatic rings. The molecule has 1 fully saturated rings. The van der Waals surface area contributed by atoms with E-state index in [-0.39, 0.29) is 6.10 Å². The van der Waals surface area contributed by atoms with Crippen molar-refractivity contribution in [1.82, 2.24) is 10.3 Å². The third-order valence-electron chi connectivity index (χ3n) is 3.97. The SMILES string of the molecule is CCCNCc1cnc(C(OCC)C2CCCCC2)s1. The van der Waals surface area contributed by atoms with Crippen LogP contribution in [-0.4, -0.2) is 18.1 Å². The summed E-state index contributed by atoms with van der Waals surface area (Å²) in [5.41, 5.74) is 0. The molecule has 1 saturated carbocycles. The number of rotatable bonds is 8. The lowest BCUT2D eigenvalue weighted by Crippen LogP contribution is -2.19. The summed E-state index contributed by atoms with van der Waals surface area (Å²) in [6.45, 7) is 7.08. The highest BCUT2D eigenvalue weighted by atomic mass is 32.1. The molecule has 114 valence electrons. The Morgan fingerprint density at radius 2 is 2.15 bits per heavy atom. The van der Waals surface area contributed by atoms with Gasteiger partial charge in [-0.15, -0.1) is 11.3 Å². The Morgan fingerprint density at radius 3 is 2.85 bits per heavy atom. The molecule has 1 atom stereocenters. The van der Waals surface area contributed by atoms with E-state index in [1.54, 1.807) is 0 Å². The summed E-state index contributed by atoms with van der Waals surface area (Å²) in [7, 11) is 0. The second kappa shape index (κ2) is 8.75. The van der Waals surface area contributed by atoms with E-state index in [0.29, 0.717) is 5.92 Å². The van der Waals surface area contributed by atoms with E-state index in [0.717, 1.165) is 19.7 Å². The highest BCUT2D eigenvalue weighted by molar-refractivity contribution is 7.11. The van der Waals surface area contributed by atoms with E-state index in [1.165, 1.54) is 48.4 Å². The first-order valence-corrected chi connectivity index (χ1v) is 8.93. The number of ether oxygens (including phenoxy) is 1. The van der Waals surface area contributed by atoms with Gasteiger partial charge in [0, 0.05) is 24.2 Å². The number of hydrogen-bond acceptors (Lipinski definition) is 4. The molecule has 1 aromatic heterocycles. The van der Waals surface area contributed by atoms with Gasteiger partial charge in [-0.1, -0.05) is 26.2 Å². The van der Waals surface area contributed by atoms with Gasteiger partial charge in [-0.25, -0.2) is 4.98 Å². The van der Waals surface area contributed by atoms with Crippen LogP contribution in [0.5, 0.6) is 0 Å². The molecule has 1 heterocycles. The second-order valence-corrected chi connectivity index (χ2v) is 6.76. The maximum atomic E-state index is 6.03. The van der Waals surface area contributed by atoms with Crippen LogP contribution in [0.2, 0.25) is 0 Å². The third kappa shape index (κ3) is 4.54. The van der Waals surface area contributed by atoms with E-state index in [9.17, 15) is 0 Å². The van der Waals surface area contributed by atoms with E-state index in [4.69, 9.17) is 4.74 Å². The fraction of sp³-hybridized carbons (Fsp3) is 0.812. The van der Waals surface area contributed by atoms with Crippen molar-refractivity contribution in [1.29, 1.82) is 0 Å². The van der Waals surface area contributed by atoms with E-state index < -0.39 is 0 Å². The van der Waals surface area contributed by atoms with Gasteiger partial charge in [-0.05, 0) is 38.6 Å². The number of aromatic nitrogens is 1. The van der Waals surface area contributed by atoms with Crippen LogP contribution in [0.3, 0.4) is 0 Å². The van der Waals surface area contributed by atoms with Crippen LogP contribution < -0.4 is 5.32 Å². The van der Waals surface area contributed by atoms with Crippen molar-refractivity contribution in [2.45, 2.75) is 65.0 Å². The normalized spacial score (nSPS) is 18.3. The van der Waals surface area contributed by atoms with Crippen molar-refractivity contribution in [3.05, 3.63) is 16.1 Å². The lowest BCUT2D eigenvalue weighted by molar-refractivity contribution is 0.00551. The number of nitrogens with zero attached hydrogens (tertiary/aromatic N) is 1. The number of thiazole rings is 1. The molecule has 20 heavy (non-hydrogen) atoms. The van der Waals surface area contributed by atoms with E-state index in [2.05, 4.69) is 24.1 Å². The Hall–Kier alpha value is -0.450. The zero-order chi connectivity index (χ0) is 14.2. The molecule has 3 nitrogen and oxygen atoms in total. The van der Waals surface area contributed by atoms with Crippen molar-refractivity contribution >= 4 is 11.3 Å². The monoisotopic (exact) mass is 296 g/mol. The molecule has 2 rings (SSSR count). The first-order valence-electron chi connectivity index (χ1n) is 8.12. The van der Waals surface area contributed by atoms with Crippen LogP contribution in [0.4, 0.5) is 0 Å². The number of hydrogen-bond donors (Lipinski definition) is 1. The molecule has 1 aliphatic carbocycles. The predicted octanol–water partition coefficient (Wildman–Crippen LogP) is 4.30. The molecule has 0 amide bonds. The van der Waals surface area contributed by atoms with Crippen LogP contribution in [0, 0.1) is 5.92 Å². The molecule has 4 heteroatoms. The summed E-state index contributed by atoms with van der Waals surface area (Å²) in [5, 5.41) is 4.63. The summed E-state index contributed by atoms with van der Waals surface area (Å²) < 4.78 is 6.03. The van der Waals surface area contributed by atoms with Gasteiger partial charge in [-0.2, -0.15) is 0 Å². The molecule has 1 aromatic rings. The molecule has 0 aliphatic heterocycles. The molecule has 0 radical (unpaired) electrons. The quantitative estimate of drug-likeness (QED) is 0.726. The van der Waals surface area contributed by atoms with Crippen LogP contribution in [0.15, 0.2) is 6.20 Å². The zero-order valence-electron chi connectivity index (χ0n) is 12.9. The van der Waals surface area contributed by atoms with Crippen molar-refractivity contribution in [3.63, 3.8) is 0 Å². The van der Waals surface area contributed by atoms with E-state index in [1.807, 2.05) is 17.5 Å². The third-order valence-corrected chi connectivity index (χ3v) is 5.02. The van der Waals surface area contributed by atoms with Crippen molar-refractivity contribution in [2.24, 2.45) is 5.92 Å². The Morgan fingerprint density at radius 1 is 1.35 bits per heavy atom. The fourth-order valence-electron chi connectivity index (χ4n) is 2.95. The molecule has 0 bridgehead atoms. The first kappa shape index (κ1) is 15.9. The largest absolute Gasteiger partial charge is 0.371 e. The average molecular weight is 296 g/mol. The Kier molecular flexibility index (Phi) is 6.97. The van der Waals surface area contributed by atoms with Crippen molar-refractivity contribution in [2.75, 3.05) is 13.2 Å². The van der Waals surface area contributed by atoms with Crippen LogP contribution in [-0.2, 0) is 11.3 Å². The van der Waals surface area contributed by atoms with Crippen LogP contribution in [0.1, 0.15) is 68.4 Å². The standard InChI is InChI=1S/C16H28N2OS/c1-3-10-17-11-14-12-18-16(20-14)15(19-4-2)13-8-6-5-7-9-13/h12-13,15,17H,3-11H2,1-2H3. The van der Waals surface area contributed by atoms with Crippen molar-refractivity contribution < 1.29 is 4.74 Å². The molecular weight excluding hydrogens is 268 g/mol. The summed E-state index contributed by atoms with van der Waals surface area (Å²) in [6, 6.07) is 0. The second-order valence-electron chi connectivity index (χ2n) is 5.62. The number of nitrogens with one attached hydrogen (secondary N) is 1. The lowest BCUT2D eigenvalue weighted by Gasteiger charge is -2.28. The minimum Gasteiger partial charge on any atom is -0.371 e. The topological polar surface area (TPSA) is 34.2 Å². The minimum atomic E-state index is 0.227. The van der Waals surface area contributed by atoms with Gasteiger partial charge in [0.15, 0.2) is 0 Å². The molecule has 1 unspecified atom stereocenters. The smallest absolute Gasteiger partial charge is 0.122 e. The van der Waals surface area contributed by atoms with Gasteiger partial charge < -0.3 is 10.1 Å². The fourth-order valence-corrected chi connectivity index (χ4v) is 3.98. The van der Waals surface area contributed by atoms with Gasteiger partial charge in [0.05, 0.1) is 0 Å². The van der Waals surface area contributed by atoms with E-state index >= 15 is 0 Å². The summed E-state index contributed by atoms with van der Waals surface area (Å²) in [6.07, 6.45) is 10.1. The van der Waals surface area contributed by atoms with Gasteiger partial charge in [0.2, 0.25) is 0 Å². The molecule has 0 aromatic carbocycles. The Balaban J connectivity index is 1.97. The molecular formula is C16H28N2OS. The predicted molar refractivity (Wildman–Crippen MR) is 85.1 cm³/mol. The Bertz CT molecular complexity index is 374. The van der Waals surface area contributed by atoms with Gasteiger partial charge in [0.1, 0.15) is 11.1 Å².